The Morgan fingerprint density at radius 3 is 2.38 bits per heavy atom. The van der Waals surface area contributed by atoms with Crippen molar-refractivity contribution in [3.05, 3.63) is 59.7 Å². The van der Waals surface area contributed by atoms with Gasteiger partial charge in [0.15, 0.2) is 0 Å². The zero-order chi connectivity index (χ0) is 17.5. The quantitative estimate of drug-likeness (QED) is 0.791. The number of nitrogens with one attached hydrogen (secondary N) is 1. The molecule has 0 heterocycles. The van der Waals surface area contributed by atoms with E-state index in [4.69, 9.17) is 9.47 Å². The minimum absolute atomic E-state index is 0.0603. The van der Waals surface area contributed by atoms with E-state index in [1.165, 1.54) is 31.4 Å². The molecule has 0 spiro atoms. The average Bonchev–Trinajstić information content (AvgIpc) is 2.61. The van der Waals surface area contributed by atoms with E-state index in [0.717, 1.165) is 5.56 Å². The summed E-state index contributed by atoms with van der Waals surface area (Å²) >= 11 is 0. The van der Waals surface area contributed by atoms with Gasteiger partial charge in [-0.2, -0.15) is 0 Å². The first-order valence-electron chi connectivity index (χ1n) is 7.34. The summed E-state index contributed by atoms with van der Waals surface area (Å²) in [7, 11) is 2.81. The van der Waals surface area contributed by atoms with E-state index in [2.05, 4.69) is 5.32 Å². The summed E-state index contributed by atoms with van der Waals surface area (Å²) < 4.78 is 10.0. The van der Waals surface area contributed by atoms with Crippen LogP contribution in [0.15, 0.2) is 48.5 Å². The molecule has 126 valence electrons. The summed E-state index contributed by atoms with van der Waals surface area (Å²) in [6.07, 6.45) is 0.237. The number of ether oxygens (including phenoxy) is 2. The summed E-state index contributed by atoms with van der Waals surface area (Å²) in [5.41, 5.74) is 1.11. The number of hydrogen-bond acceptors (Lipinski definition) is 5. The lowest BCUT2D eigenvalue weighted by Gasteiger charge is -2.18. The highest BCUT2D eigenvalue weighted by atomic mass is 16.5. The first kappa shape index (κ1) is 17.3. The molecule has 24 heavy (non-hydrogen) atoms. The maximum atomic E-state index is 12.3. The van der Waals surface area contributed by atoms with Crippen LogP contribution < -0.4 is 10.1 Å². The Labute approximate surface area is 140 Å². The van der Waals surface area contributed by atoms with Crippen LogP contribution in [0.3, 0.4) is 0 Å². The minimum Gasteiger partial charge on any atom is -0.508 e. The third-order valence-corrected chi connectivity index (χ3v) is 3.54. The van der Waals surface area contributed by atoms with Crippen LogP contribution in [0.2, 0.25) is 0 Å². The topological polar surface area (TPSA) is 84.9 Å². The normalized spacial score (nSPS) is 11.4. The number of rotatable bonds is 6. The first-order chi connectivity index (χ1) is 11.5. The summed E-state index contributed by atoms with van der Waals surface area (Å²) in [6.45, 7) is 0. The summed E-state index contributed by atoms with van der Waals surface area (Å²) in [5, 5.41) is 11.9. The van der Waals surface area contributed by atoms with E-state index in [0.29, 0.717) is 11.3 Å². The van der Waals surface area contributed by atoms with Gasteiger partial charge < -0.3 is 19.9 Å². The molecular formula is C18H19NO5. The van der Waals surface area contributed by atoms with Gasteiger partial charge in [0.05, 0.1) is 14.2 Å². The predicted octanol–water partition coefficient (Wildman–Crippen LogP) is 1.91. The SMILES string of the molecule is COC(=O)[C@@H](Cc1ccccc1OC)NC(=O)c1ccc(O)cc1. The number of phenols is 1. The van der Waals surface area contributed by atoms with Crippen LogP contribution in [0.25, 0.3) is 0 Å². The molecule has 0 saturated heterocycles. The number of carbonyl (C=O) groups excluding carboxylic acids is 2. The molecule has 6 nitrogen and oxygen atoms in total. The second kappa shape index (κ2) is 8.01. The van der Waals surface area contributed by atoms with E-state index in [1.807, 2.05) is 18.2 Å². The molecule has 6 heteroatoms. The highest BCUT2D eigenvalue weighted by molar-refractivity contribution is 5.96. The fraction of sp³-hybridized carbons (Fsp3) is 0.222. The Morgan fingerprint density at radius 2 is 1.75 bits per heavy atom. The highest BCUT2D eigenvalue weighted by Gasteiger charge is 2.23. The molecule has 1 atom stereocenters. The van der Waals surface area contributed by atoms with Gasteiger partial charge in [0.2, 0.25) is 0 Å². The van der Waals surface area contributed by atoms with E-state index in [-0.39, 0.29) is 12.2 Å². The predicted molar refractivity (Wildman–Crippen MR) is 88.1 cm³/mol. The van der Waals surface area contributed by atoms with Crippen LogP contribution in [0.4, 0.5) is 0 Å². The molecular weight excluding hydrogens is 310 g/mol. The highest BCUT2D eigenvalue weighted by Crippen LogP contribution is 2.19. The van der Waals surface area contributed by atoms with Crippen LogP contribution >= 0.6 is 0 Å². The molecule has 0 aliphatic carbocycles. The Morgan fingerprint density at radius 1 is 1.08 bits per heavy atom. The fourth-order valence-electron chi connectivity index (χ4n) is 2.28. The molecule has 2 N–H and O–H groups in total. The van der Waals surface area contributed by atoms with Gasteiger partial charge in [-0.25, -0.2) is 4.79 Å². The van der Waals surface area contributed by atoms with Crippen molar-refractivity contribution in [1.29, 1.82) is 0 Å². The standard InChI is InChI=1S/C18H19NO5/c1-23-16-6-4-3-5-13(16)11-15(18(22)24-2)19-17(21)12-7-9-14(20)10-8-12/h3-10,15,20H,11H2,1-2H3,(H,19,21)/t15-/m1/s1. The Bertz CT molecular complexity index is 712. The van der Waals surface area contributed by atoms with Crippen molar-refractivity contribution in [3.63, 3.8) is 0 Å². The average molecular weight is 329 g/mol. The number of phenolic OH excluding ortho intramolecular Hbond substituents is 1. The van der Waals surface area contributed by atoms with Crippen LogP contribution in [-0.4, -0.2) is 37.2 Å². The van der Waals surface area contributed by atoms with Gasteiger partial charge in [-0.05, 0) is 35.9 Å². The van der Waals surface area contributed by atoms with Crippen molar-refractivity contribution in [2.75, 3.05) is 14.2 Å². The molecule has 1 amide bonds. The molecule has 0 unspecified atom stereocenters. The number of hydrogen-bond donors (Lipinski definition) is 2. The van der Waals surface area contributed by atoms with Gasteiger partial charge in [-0.1, -0.05) is 18.2 Å². The summed E-state index contributed by atoms with van der Waals surface area (Å²) in [5.74, 6) is -0.288. The number of amides is 1. The van der Waals surface area contributed by atoms with Gasteiger partial charge in [-0.3, -0.25) is 4.79 Å². The Balaban J connectivity index is 2.18. The number of benzene rings is 2. The maximum absolute atomic E-state index is 12.3. The lowest BCUT2D eigenvalue weighted by atomic mass is 10.0. The number of carbonyl (C=O) groups is 2. The zero-order valence-corrected chi connectivity index (χ0v) is 13.5. The lowest BCUT2D eigenvalue weighted by Crippen LogP contribution is -2.43. The number of esters is 1. The van der Waals surface area contributed by atoms with Crippen LogP contribution in [-0.2, 0) is 16.0 Å². The van der Waals surface area contributed by atoms with Gasteiger partial charge in [0.1, 0.15) is 17.5 Å². The first-order valence-corrected chi connectivity index (χ1v) is 7.34. The molecule has 0 bridgehead atoms. The molecule has 0 radical (unpaired) electrons. The molecule has 2 aromatic carbocycles. The lowest BCUT2D eigenvalue weighted by molar-refractivity contribution is -0.142. The van der Waals surface area contributed by atoms with E-state index >= 15 is 0 Å². The maximum Gasteiger partial charge on any atom is 0.328 e. The second-order valence-electron chi connectivity index (χ2n) is 5.11. The van der Waals surface area contributed by atoms with Gasteiger partial charge >= 0.3 is 5.97 Å². The van der Waals surface area contributed by atoms with Crippen molar-refractivity contribution < 1.29 is 24.2 Å². The summed E-state index contributed by atoms with van der Waals surface area (Å²) in [4.78, 5) is 24.3. The number of methoxy groups -OCH3 is 2. The zero-order valence-electron chi connectivity index (χ0n) is 13.5. The van der Waals surface area contributed by atoms with Crippen molar-refractivity contribution >= 4 is 11.9 Å². The molecule has 0 aliphatic heterocycles. The third-order valence-electron chi connectivity index (χ3n) is 3.54. The smallest absolute Gasteiger partial charge is 0.328 e. The Kier molecular flexibility index (Phi) is 5.78. The van der Waals surface area contributed by atoms with E-state index < -0.39 is 17.9 Å². The van der Waals surface area contributed by atoms with Crippen LogP contribution in [0, 0.1) is 0 Å². The number of para-hydroxylation sites is 1. The van der Waals surface area contributed by atoms with Crippen molar-refractivity contribution in [2.45, 2.75) is 12.5 Å². The minimum atomic E-state index is -0.854. The number of aromatic hydroxyl groups is 1. The molecule has 0 aromatic heterocycles. The van der Waals surface area contributed by atoms with Crippen molar-refractivity contribution in [1.82, 2.24) is 5.32 Å². The van der Waals surface area contributed by atoms with Crippen molar-refractivity contribution in [2.24, 2.45) is 0 Å². The fourth-order valence-corrected chi connectivity index (χ4v) is 2.28. The van der Waals surface area contributed by atoms with Crippen LogP contribution in [0.1, 0.15) is 15.9 Å². The molecule has 2 aromatic rings. The molecule has 0 fully saturated rings. The van der Waals surface area contributed by atoms with E-state index in [9.17, 15) is 14.7 Å². The Hall–Kier alpha value is -3.02. The monoisotopic (exact) mass is 329 g/mol. The third kappa shape index (κ3) is 4.25. The molecule has 0 aliphatic rings. The van der Waals surface area contributed by atoms with Gasteiger partial charge in [0, 0.05) is 12.0 Å². The van der Waals surface area contributed by atoms with Gasteiger partial charge in [0.25, 0.3) is 5.91 Å². The van der Waals surface area contributed by atoms with E-state index in [1.54, 1.807) is 13.2 Å². The summed E-state index contributed by atoms with van der Waals surface area (Å²) in [6, 6.07) is 12.2. The van der Waals surface area contributed by atoms with Crippen molar-refractivity contribution in [3.8, 4) is 11.5 Å². The second-order valence-corrected chi connectivity index (χ2v) is 5.11. The largest absolute Gasteiger partial charge is 0.508 e. The van der Waals surface area contributed by atoms with Crippen LogP contribution in [0.5, 0.6) is 11.5 Å². The molecule has 0 saturated carbocycles. The molecule has 2 rings (SSSR count). The van der Waals surface area contributed by atoms with Gasteiger partial charge in [-0.15, -0.1) is 0 Å².